The van der Waals surface area contributed by atoms with Crippen molar-refractivity contribution in [1.29, 1.82) is 0 Å². The number of nitrogens with two attached hydrogens (primary N) is 1. The third-order valence-corrected chi connectivity index (χ3v) is 6.04. The molecule has 0 aromatic heterocycles. The van der Waals surface area contributed by atoms with Gasteiger partial charge in [-0.1, -0.05) is 96.8 Å². The minimum atomic E-state index is -3.63. The topological polar surface area (TPSA) is 86.5 Å². The summed E-state index contributed by atoms with van der Waals surface area (Å²) in [4.78, 5) is 11.6. The van der Waals surface area contributed by atoms with E-state index in [4.69, 9.17) is 5.73 Å². The van der Waals surface area contributed by atoms with E-state index in [0.717, 1.165) is 19.3 Å². The number of hydrogen-bond acceptors (Lipinski definition) is 5. The van der Waals surface area contributed by atoms with Gasteiger partial charge in [-0.05, 0) is 6.42 Å². The van der Waals surface area contributed by atoms with Crippen molar-refractivity contribution in [3.63, 3.8) is 0 Å². The van der Waals surface area contributed by atoms with Crippen LogP contribution in [0.5, 0.6) is 0 Å². The fourth-order valence-electron chi connectivity index (χ4n) is 3.12. The summed E-state index contributed by atoms with van der Waals surface area (Å²) < 4.78 is 27.2. The van der Waals surface area contributed by atoms with E-state index < -0.39 is 10.1 Å². The molecule has 1 radical (unpaired) electrons. The molecule has 0 saturated carbocycles. The zero-order valence-electron chi connectivity index (χ0n) is 18.6. The van der Waals surface area contributed by atoms with Gasteiger partial charge in [0.15, 0.2) is 5.78 Å². The average molecular weight is 429 g/mol. The van der Waals surface area contributed by atoms with Crippen LogP contribution in [0.3, 0.4) is 0 Å². The van der Waals surface area contributed by atoms with Crippen LogP contribution in [-0.4, -0.2) is 62.7 Å². The summed E-state index contributed by atoms with van der Waals surface area (Å²) >= 11 is 0. The van der Waals surface area contributed by atoms with Crippen molar-refractivity contribution in [2.24, 2.45) is 5.73 Å². The van der Waals surface area contributed by atoms with Crippen LogP contribution in [0.25, 0.3) is 0 Å². The van der Waals surface area contributed by atoms with Gasteiger partial charge in [0.05, 0.1) is 5.75 Å². The number of Topliss-reactive ketones (excluding diaryl/α,β-unsaturated/α-hetero) is 1. The third-order valence-electron chi connectivity index (χ3n) is 4.83. The Hall–Kier alpha value is 0.540. The molecule has 0 aliphatic heterocycles. The van der Waals surface area contributed by atoms with E-state index in [2.05, 4.69) is 11.1 Å². The Bertz CT molecular complexity index is 444. The predicted octanol–water partition coefficient (Wildman–Crippen LogP) is 4.74. The Kier molecular flexibility index (Phi) is 24.4. The van der Waals surface area contributed by atoms with Gasteiger partial charge in [0, 0.05) is 42.5 Å². The van der Waals surface area contributed by atoms with E-state index in [0.29, 0.717) is 6.42 Å². The van der Waals surface area contributed by atoms with Crippen molar-refractivity contribution in [2.45, 2.75) is 110 Å². The summed E-state index contributed by atoms with van der Waals surface area (Å²) in [5, 5.41) is 0. The molecule has 0 aromatic rings. The summed E-state index contributed by atoms with van der Waals surface area (Å²) in [7, 11) is -3.63. The van der Waals surface area contributed by atoms with Crippen LogP contribution >= 0.6 is 0 Å². The number of carbonyl (C=O) groups is 1. The molecule has 0 saturated heterocycles. The van der Waals surface area contributed by atoms with Crippen LogP contribution in [0, 0.1) is 0 Å². The van der Waals surface area contributed by atoms with Crippen LogP contribution in [0.2, 0.25) is 0 Å². The fourth-order valence-corrected chi connectivity index (χ4v) is 3.84. The minimum absolute atomic E-state index is 0. The van der Waals surface area contributed by atoms with Crippen molar-refractivity contribution in [3.05, 3.63) is 0 Å². The van der Waals surface area contributed by atoms with Crippen LogP contribution in [0.15, 0.2) is 0 Å². The molecule has 0 bridgehead atoms. The summed E-state index contributed by atoms with van der Waals surface area (Å²) in [5.74, 6) is -0.385. The average Bonchev–Trinajstić information content (AvgIpc) is 2.63. The molecule has 5 nitrogen and oxygen atoms in total. The molecule has 0 spiro atoms. The second-order valence-corrected chi connectivity index (χ2v) is 9.31. The number of carbonyl (C=O) groups excluding carboxylic acids is 1. The number of unbranched alkanes of at least 4 members (excludes halogenated alkanes) is 14. The third kappa shape index (κ3) is 22.8. The number of rotatable bonds is 21. The minimum Gasteiger partial charge on any atom is -0.329 e. The SMILES string of the molecule is CCCCCCCCCCCCCCCCCC(=O)COS(=O)(=O)CCN.[Na]. The molecule has 0 atom stereocenters. The van der Waals surface area contributed by atoms with Crippen LogP contribution < -0.4 is 5.73 Å². The van der Waals surface area contributed by atoms with Crippen LogP contribution in [0.4, 0.5) is 0 Å². The standard InChI is InChI=1S/C21H43NO4S.Na/c1-2-3-4-5-6-7-8-9-10-11-12-13-14-15-16-17-21(23)20-26-27(24,25)19-18-22;/h2-20,22H2,1H3;. The first kappa shape index (κ1) is 30.7. The van der Waals surface area contributed by atoms with Gasteiger partial charge in [-0.25, -0.2) is 0 Å². The first-order valence-corrected chi connectivity index (χ1v) is 12.7. The Morgan fingerprint density at radius 3 is 1.54 bits per heavy atom. The smallest absolute Gasteiger partial charge is 0.268 e. The van der Waals surface area contributed by atoms with Crippen molar-refractivity contribution >= 4 is 45.5 Å². The first-order valence-electron chi connectivity index (χ1n) is 11.1. The van der Waals surface area contributed by atoms with E-state index in [1.165, 1.54) is 77.0 Å². The summed E-state index contributed by atoms with van der Waals surface area (Å²) in [6, 6.07) is 0. The van der Waals surface area contributed by atoms with Crippen molar-refractivity contribution in [1.82, 2.24) is 0 Å². The molecule has 163 valence electrons. The number of hydrogen-bond donors (Lipinski definition) is 1. The molecular formula is C21H43NNaO4S. The molecule has 0 aliphatic rings. The Labute approximate surface area is 196 Å². The second-order valence-electron chi connectivity index (χ2n) is 7.55. The van der Waals surface area contributed by atoms with E-state index in [1.807, 2.05) is 0 Å². The molecule has 0 rings (SSSR count). The molecule has 0 unspecified atom stereocenters. The largest absolute Gasteiger partial charge is 0.329 e. The Morgan fingerprint density at radius 1 is 0.750 bits per heavy atom. The van der Waals surface area contributed by atoms with Gasteiger partial charge in [0.1, 0.15) is 6.61 Å². The zero-order valence-corrected chi connectivity index (χ0v) is 21.4. The van der Waals surface area contributed by atoms with Crippen LogP contribution in [0.1, 0.15) is 110 Å². The molecule has 28 heavy (non-hydrogen) atoms. The normalized spacial score (nSPS) is 11.4. The molecule has 7 heteroatoms. The van der Waals surface area contributed by atoms with Gasteiger partial charge in [-0.3, -0.25) is 8.98 Å². The van der Waals surface area contributed by atoms with E-state index in [9.17, 15) is 13.2 Å². The molecule has 0 aromatic carbocycles. The molecular weight excluding hydrogens is 385 g/mol. The van der Waals surface area contributed by atoms with Crippen molar-refractivity contribution < 1.29 is 17.4 Å². The predicted molar refractivity (Wildman–Crippen MR) is 119 cm³/mol. The molecule has 0 fully saturated rings. The van der Waals surface area contributed by atoms with Gasteiger partial charge in [0.25, 0.3) is 10.1 Å². The van der Waals surface area contributed by atoms with Gasteiger partial charge in [0.2, 0.25) is 0 Å². The Balaban J connectivity index is 0. The summed E-state index contributed by atoms with van der Waals surface area (Å²) in [5.41, 5.74) is 5.18. The van der Waals surface area contributed by atoms with Crippen LogP contribution in [-0.2, 0) is 19.1 Å². The molecule has 2 N–H and O–H groups in total. The van der Waals surface area contributed by atoms with Gasteiger partial charge in [-0.15, -0.1) is 0 Å². The summed E-state index contributed by atoms with van der Waals surface area (Å²) in [6.45, 7) is 1.92. The first-order chi connectivity index (χ1) is 13.0. The van der Waals surface area contributed by atoms with E-state index in [-0.39, 0.29) is 54.2 Å². The maximum atomic E-state index is 11.6. The Morgan fingerprint density at radius 2 is 1.14 bits per heavy atom. The van der Waals surface area contributed by atoms with Gasteiger partial charge >= 0.3 is 0 Å². The monoisotopic (exact) mass is 428 g/mol. The number of ketones is 1. The van der Waals surface area contributed by atoms with E-state index >= 15 is 0 Å². The van der Waals surface area contributed by atoms with Gasteiger partial charge < -0.3 is 5.73 Å². The van der Waals surface area contributed by atoms with Crippen molar-refractivity contribution in [3.8, 4) is 0 Å². The fraction of sp³-hybridized carbons (Fsp3) is 0.952. The van der Waals surface area contributed by atoms with Gasteiger partial charge in [-0.2, -0.15) is 8.42 Å². The zero-order chi connectivity index (χ0) is 20.2. The quantitative estimate of drug-likeness (QED) is 0.162. The van der Waals surface area contributed by atoms with E-state index in [1.54, 1.807) is 0 Å². The second kappa shape index (κ2) is 22.2. The maximum absolute atomic E-state index is 11.6. The summed E-state index contributed by atoms with van der Waals surface area (Å²) in [6.07, 6.45) is 19.7. The maximum Gasteiger partial charge on any atom is 0.268 e. The van der Waals surface area contributed by atoms with Crippen molar-refractivity contribution in [2.75, 3.05) is 18.9 Å². The molecule has 0 aliphatic carbocycles. The molecule has 0 heterocycles. The molecule has 0 amide bonds.